The predicted molar refractivity (Wildman–Crippen MR) is 85.6 cm³/mol. The van der Waals surface area contributed by atoms with Crippen molar-refractivity contribution in [3.8, 4) is 0 Å². The number of H-pyrrole nitrogens is 1. The predicted octanol–water partition coefficient (Wildman–Crippen LogP) is 3.15. The molecule has 2 rings (SSSR count). The first-order valence-corrected chi connectivity index (χ1v) is 7.31. The first-order chi connectivity index (χ1) is 10.0. The average Bonchev–Trinajstić information content (AvgIpc) is 2.84. The molecule has 0 radical (unpaired) electrons. The minimum Gasteiger partial charge on any atom is -0.394 e. The molecule has 4 N–H and O–H groups in total. The third-order valence-electron chi connectivity index (χ3n) is 4.05. The summed E-state index contributed by atoms with van der Waals surface area (Å²) in [5.74, 6) is 0. The van der Waals surface area contributed by atoms with Crippen LogP contribution >= 0.6 is 0 Å². The van der Waals surface area contributed by atoms with Crippen LogP contribution in [0.3, 0.4) is 0 Å². The molecular weight excluding hydrogens is 266 g/mol. The summed E-state index contributed by atoms with van der Waals surface area (Å²) in [7, 11) is 0. The highest BCUT2D eigenvalue weighted by Crippen LogP contribution is 2.20. The van der Waals surface area contributed by atoms with Crippen molar-refractivity contribution in [2.45, 2.75) is 39.2 Å². The average molecular weight is 289 g/mol. The fourth-order valence-electron chi connectivity index (χ4n) is 2.45. The van der Waals surface area contributed by atoms with Crippen LogP contribution in [0.1, 0.15) is 32.4 Å². The monoisotopic (exact) mass is 289 g/mol. The van der Waals surface area contributed by atoms with Crippen LogP contribution < -0.4 is 10.6 Å². The molecule has 0 spiro atoms. The van der Waals surface area contributed by atoms with Gasteiger partial charge >= 0.3 is 6.03 Å². The van der Waals surface area contributed by atoms with Crippen LogP contribution in [0.2, 0.25) is 0 Å². The van der Waals surface area contributed by atoms with Crippen molar-refractivity contribution in [2.75, 3.05) is 11.9 Å². The van der Waals surface area contributed by atoms with E-state index in [0.29, 0.717) is 12.8 Å². The number of hydrogen-bond donors (Lipinski definition) is 4. The van der Waals surface area contributed by atoms with Crippen LogP contribution in [0.25, 0.3) is 10.9 Å². The van der Waals surface area contributed by atoms with Gasteiger partial charge in [-0.1, -0.05) is 13.8 Å². The second kappa shape index (κ2) is 6.18. The third-order valence-corrected chi connectivity index (χ3v) is 4.05. The Kier molecular flexibility index (Phi) is 4.53. The van der Waals surface area contributed by atoms with E-state index in [2.05, 4.69) is 15.6 Å². The SMILES string of the molecule is CCC(CC)(CO)NC(=O)Nc1ccc2[nH]c(C)cc2c1. The Morgan fingerprint density at radius 3 is 2.62 bits per heavy atom. The Hall–Kier alpha value is -2.01. The maximum absolute atomic E-state index is 12.1. The highest BCUT2D eigenvalue weighted by Gasteiger charge is 2.27. The Balaban J connectivity index is 2.10. The molecule has 2 amide bonds. The number of rotatable bonds is 5. The van der Waals surface area contributed by atoms with Gasteiger partial charge in [-0.2, -0.15) is 0 Å². The number of aromatic nitrogens is 1. The molecule has 0 aliphatic carbocycles. The van der Waals surface area contributed by atoms with Crippen molar-refractivity contribution >= 4 is 22.6 Å². The van der Waals surface area contributed by atoms with Gasteiger partial charge in [0.1, 0.15) is 0 Å². The summed E-state index contributed by atoms with van der Waals surface area (Å²) in [5, 5.41) is 16.2. The molecule has 0 atom stereocenters. The van der Waals surface area contributed by atoms with E-state index in [4.69, 9.17) is 0 Å². The molecule has 0 unspecified atom stereocenters. The molecule has 114 valence electrons. The molecule has 0 saturated carbocycles. The van der Waals surface area contributed by atoms with E-state index in [0.717, 1.165) is 22.3 Å². The van der Waals surface area contributed by atoms with E-state index in [1.807, 2.05) is 45.0 Å². The molecule has 0 bridgehead atoms. The maximum atomic E-state index is 12.1. The topological polar surface area (TPSA) is 77.2 Å². The summed E-state index contributed by atoms with van der Waals surface area (Å²) in [6, 6.07) is 7.47. The van der Waals surface area contributed by atoms with Crippen molar-refractivity contribution in [1.29, 1.82) is 0 Å². The van der Waals surface area contributed by atoms with Crippen molar-refractivity contribution in [3.05, 3.63) is 30.0 Å². The van der Waals surface area contributed by atoms with Crippen LogP contribution in [0.4, 0.5) is 10.5 Å². The first-order valence-electron chi connectivity index (χ1n) is 7.31. The Morgan fingerprint density at radius 2 is 2.00 bits per heavy atom. The van der Waals surface area contributed by atoms with Gasteiger partial charge in [-0.05, 0) is 44.0 Å². The number of benzene rings is 1. The lowest BCUT2D eigenvalue weighted by atomic mass is 9.94. The van der Waals surface area contributed by atoms with Crippen LogP contribution in [-0.4, -0.2) is 28.3 Å². The summed E-state index contributed by atoms with van der Waals surface area (Å²) in [5.41, 5.74) is 2.31. The molecule has 5 heteroatoms. The zero-order valence-electron chi connectivity index (χ0n) is 12.8. The normalized spacial score (nSPS) is 11.6. The fraction of sp³-hybridized carbons (Fsp3) is 0.438. The van der Waals surface area contributed by atoms with Crippen LogP contribution in [-0.2, 0) is 0 Å². The molecule has 1 heterocycles. The molecule has 0 fully saturated rings. The van der Waals surface area contributed by atoms with Gasteiger partial charge < -0.3 is 20.7 Å². The second-order valence-corrected chi connectivity index (χ2v) is 5.48. The minimum absolute atomic E-state index is 0.0660. The van der Waals surface area contributed by atoms with Crippen molar-refractivity contribution in [1.82, 2.24) is 10.3 Å². The number of hydrogen-bond acceptors (Lipinski definition) is 2. The number of anilines is 1. The van der Waals surface area contributed by atoms with Gasteiger partial charge in [0.05, 0.1) is 12.1 Å². The highest BCUT2D eigenvalue weighted by atomic mass is 16.3. The maximum Gasteiger partial charge on any atom is 0.319 e. The van der Waals surface area contributed by atoms with Crippen LogP contribution in [0.15, 0.2) is 24.3 Å². The molecule has 0 saturated heterocycles. The lowest BCUT2D eigenvalue weighted by molar-refractivity contribution is 0.155. The second-order valence-electron chi connectivity index (χ2n) is 5.48. The highest BCUT2D eigenvalue weighted by molar-refractivity contribution is 5.93. The van der Waals surface area contributed by atoms with E-state index in [9.17, 15) is 9.90 Å². The summed E-state index contributed by atoms with van der Waals surface area (Å²) >= 11 is 0. The summed E-state index contributed by atoms with van der Waals surface area (Å²) < 4.78 is 0. The van der Waals surface area contributed by atoms with Crippen molar-refractivity contribution in [2.24, 2.45) is 0 Å². The largest absolute Gasteiger partial charge is 0.394 e. The van der Waals surface area contributed by atoms with Crippen molar-refractivity contribution in [3.63, 3.8) is 0 Å². The molecule has 0 aliphatic heterocycles. The number of amides is 2. The molecule has 2 aromatic rings. The molecule has 1 aromatic heterocycles. The van der Waals surface area contributed by atoms with E-state index >= 15 is 0 Å². The number of fused-ring (bicyclic) bond motifs is 1. The fourth-order valence-corrected chi connectivity index (χ4v) is 2.45. The first kappa shape index (κ1) is 15.4. The quantitative estimate of drug-likeness (QED) is 0.682. The molecule has 5 nitrogen and oxygen atoms in total. The van der Waals surface area contributed by atoms with E-state index in [1.54, 1.807) is 0 Å². The van der Waals surface area contributed by atoms with Gasteiger partial charge in [-0.15, -0.1) is 0 Å². The number of carbonyl (C=O) groups excluding carboxylic acids is 1. The number of aryl methyl sites for hydroxylation is 1. The molecule has 21 heavy (non-hydrogen) atoms. The lowest BCUT2D eigenvalue weighted by Gasteiger charge is -2.30. The Bertz CT molecular complexity index is 621. The van der Waals surface area contributed by atoms with Gasteiger partial charge in [-0.25, -0.2) is 4.79 Å². The number of urea groups is 1. The lowest BCUT2D eigenvalue weighted by Crippen LogP contribution is -2.51. The van der Waals surface area contributed by atoms with E-state index in [-0.39, 0.29) is 12.6 Å². The number of aliphatic hydroxyl groups excluding tert-OH is 1. The standard InChI is InChI=1S/C16H23N3O2/c1-4-16(5-2,10-20)19-15(21)18-13-6-7-14-12(9-13)8-11(3)17-14/h6-9,17,20H,4-5,10H2,1-3H3,(H2,18,19,21). The Labute approximate surface area is 124 Å². The zero-order chi connectivity index (χ0) is 15.5. The molecule has 1 aromatic carbocycles. The molecule has 0 aliphatic rings. The summed E-state index contributed by atoms with van der Waals surface area (Å²) in [6.07, 6.45) is 1.37. The minimum atomic E-state index is -0.557. The van der Waals surface area contributed by atoms with Gasteiger partial charge in [0, 0.05) is 22.3 Å². The van der Waals surface area contributed by atoms with Crippen molar-refractivity contribution < 1.29 is 9.90 Å². The number of carbonyl (C=O) groups is 1. The third kappa shape index (κ3) is 3.36. The van der Waals surface area contributed by atoms with Crippen LogP contribution in [0.5, 0.6) is 0 Å². The smallest absolute Gasteiger partial charge is 0.319 e. The van der Waals surface area contributed by atoms with Gasteiger partial charge in [0.25, 0.3) is 0 Å². The number of nitrogens with one attached hydrogen (secondary N) is 3. The van der Waals surface area contributed by atoms with Gasteiger partial charge in [-0.3, -0.25) is 0 Å². The van der Waals surface area contributed by atoms with Crippen LogP contribution in [0, 0.1) is 6.92 Å². The van der Waals surface area contributed by atoms with E-state index in [1.165, 1.54) is 0 Å². The van der Waals surface area contributed by atoms with E-state index < -0.39 is 5.54 Å². The van der Waals surface area contributed by atoms with Gasteiger partial charge in [0.2, 0.25) is 0 Å². The molecular formula is C16H23N3O2. The summed E-state index contributed by atoms with van der Waals surface area (Å²) in [4.78, 5) is 15.3. The zero-order valence-corrected chi connectivity index (χ0v) is 12.8. The van der Waals surface area contributed by atoms with Gasteiger partial charge in [0.15, 0.2) is 0 Å². The number of aromatic amines is 1. The number of aliphatic hydroxyl groups is 1. The summed E-state index contributed by atoms with van der Waals surface area (Å²) in [6.45, 7) is 5.84. The Morgan fingerprint density at radius 1 is 1.29 bits per heavy atom.